The fraction of sp³-hybridized carbons (Fsp3) is 0.214. The minimum absolute atomic E-state index is 0.0151. The molecule has 1 N–H and O–H groups in total. The summed E-state index contributed by atoms with van der Waals surface area (Å²) in [6.07, 6.45) is 4.24. The van der Waals surface area contributed by atoms with Gasteiger partial charge in [0, 0.05) is 40.4 Å². The fourth-order valence-electron chi connectivity index (χ4n) is 3.98. The number of nitrogens with one attached hydrogen (secondary N) is 1. The van der Waals surface area contributed by atoms with Crippen molar-refractivity contribution in [1.82, 2.24) is 30.1 Å². The van der Waals surface area contributed by atoms with Crippen LogP contribution in [0.25, 0.3) is 27.9 Å². The number of fused-ring (bicyclic) bond motifs is 1. The number of nitrogens with zero attached hydrogens (tertiary/aromatic N) is 5. The maximum absolute atomic E-state index is 12.6. The van der Waals surface area contributed by atoms with Crippen molar-refractivity contribution < 1.29 is 18.8 Å². The first-order valence-corrected chi connectivity index (χ1v) is 12.0. The van der Waals surface area contributed by atoms with Crippen molar-refractivity contribution in [2.24, 2.45) is 0 Å². The summed E-state index contributed by atoms with van der Waals surface area (Å²) in [7, 11) is 1.58. The molecule has 0 radical (unpaired) electrons. The molecule has 5 aromatic rings. The molecule has 0 aliphatic heterocycles. The lowest BCUT2D eigenvalue weighted by Gasteiger charge is -2.12. The molecular formula is C28H26N6O4. The highest BCUT2D eigenvalue weighted by atomic mass is 16.5. The topological polar surface area (TPSA) is 125 Å². The molecule has 38 heavy (non-hydrogen) atoms. The summed E-state index contributed by atoms with van der Waals surface area (Å²) in [5.74, 6) is 0.542. The molecule has 0 unspecified atom stereocenters. The summed E-state index contributed by atoms with van der Waals surface area (Å²) in [5, 5.41) is 11.0. The van der Waals surface area contributed by atoms with Gasteiger partial charge in [-0.2, -0.15) is 10.1 Å². The molecule has 0 aliphatic carbocycles. The predicted molar refractivity (Wildman–Crippen MR) is 140 cm³/mol. The summed E-state index contributed by atoms with van der Waals surface area (Å²) in [5.41, 5.74) is 5.34. The van der Waals surface area contributed by atoms with E-state index in [1.54, 1.807) is 23.8 Å². The van der Waals surface area contributed by atoms with Gasteiger partial charge >= 0.3 is 0 Å². The zero-order chi connectivity index (χ0) is 26.9. The van der Waals surface area contributed by atoms with Crippen LogP contribution in [0.3, 0.4) is 0 Å². The minimum Gasteiger partial charge on any atom is -0.496 e. The van der Waals surface area contributed by atoms with E-state index in [0.29, 0.717) is 17.2 Å². The molecule has 2 aromatic carbocycles. The van der Waals surface area contributed by atoms with E-state index in [2.05, 4.69) is 25.5 Å². The van der Waals surface area contributed by atoms with Crippen LogP contribution >= 0.6 is 0 Å². The van der Waals surface area contributed by atoms with Crippen molar-refractivity contribution in [3.63, 3.8) is 0 Å². The van der Waals surface area contributed by atoms with Crippen LogP contribution in [0, 0.1) is 0 Å². The van der Waals surface area contributed by atoms with Crippen LogP contribution in [0.4, 0.5) is 0 Å². The first-order valence-electron chi connectivity index (χ1n) is 12.0. The van der Waals surface area contributed by atoms with Gasteiger partial charge in [0.1, 0.15) is 18.4 Å². The fourth-order valence-corrected chi connectivity index (χ4v) is 3.98. The van der Waals surface area contributed by atoms with Gasteiger partial charge in [0.25, 0.3) is 11.7 Å². The number of carbonyl (C=O) groups is 2. The Labute approximate surface area is 218 Å². The van der Waals surface area contributed by atoms with Gasteiger partial charge in [-0.3, -0.25) is 9.59 Å². The summed E-state index contributed by atoms with van der Waals surface area (Å²) in [6, 6.07) is 15.0. The molecule has 0 aliphatic rings. The third-order valence-electron chi connectivity index (χ3n) is 6.06. The second-order valence-corrected chi connectivity index (χ2v) is 9.79. The second-order valence-electron chi connectivity index (χ2n) is 9.79. The monoisotopic (exact) mass is 510 g/mol. The average molecular weight is 511 g/mol. The van der Waals surface area contributed by atoms with E-state index in [1.807, 2.05) is 63.4 Å². The summed E-state index contributed by atoms with van der Waals surface area (Å²) in [4.78, 5) is 32.3. The molecule has 5 rings (SSSR count). The van der Waals surface area contributed by atoms with Crippen LogP contribution in [0.5, 0.6) is 5.75 Å². The smallest absolute Gasteiger partial charge is 0.292 e. The molecule has 0 atom stereocenters. The summed E-state index contributed by atoms with van der Waals surface area (Å²) >= 11 is 0. The van der Waals surface area contributed by atoms with Crippen LogP contribution in [-0.2, 0) is 12.0 Å². The first kappa shape index (κ1) is 24.8. The van der Waals surface area contributed by atoms with E-state index in [4.69, 9.17) is 9.26 Å². The van der Waals surface area contributed by atoms with Gasteiger partial charge in [0.05, 0.1) is 18.3 Å². The Hall–Kier alpha value is -4.86. The van der Waals surface area contributed by atoms with E-state index in [0.717, 1.165) is 39.8 Å². The van der Waals surface area contributed by atoms with Crippen molar-refractivity contribution >= 4 is 17.7 Å². The summed E-state index contributed by atoms with van der Waals surface area (Å²) < 4.78 is 12.6. The molecule has 0 saturated heterocycles. The molecule has 3 heterocycles. The van der Waals surface area contributed by atoms with Crippen molar-refractivity contribution in [3.05, 3.63) is 83.9 Å². The van der Waals surface area contributed by atoms with Gasteiger partial charge in [0.15, 0.2) is 0 Å². The highest BCUT2D eigenvalue weighted by Gasteiger charge is 2.24. The van der Waals surface area contributed by atoms with Crippen LogP contribution < -0.4 is 10.1 Å². The Balaban J connectivity index is 1.39. The third-order valence-corrected chi connectivity index (χ3v) is 6.06. The number of carbonyl (C=O) groups excluding carboxylic acids is 2. The second kappa shape index (κ2) is 9.89. The third kappa shape index (κ3) is 4.88. The van der Waals surface area contributed by atoms with Crippen LogP contribution in [0.15, 0.2) is 65.6 Å². The zero-order valence-electron chi connectivity index (χ0n) is 21.4. The van der Waals surface area contributed by atoms with Gasteiger partial charge in [-0.15, -0.1) is 0 Å². The summed E-state index contributed by atoms with van der Waals surface area (Å²) in [6.45, 7) is 6.01. The predicted octanol–water partition coefficient (Wildman–Crippen LogP) is 4.49. The zero-order valence-corrected chi connectivity index (χ0v) is 21.4. The number of hydrogen-bond acceptors (Lipinski definition) is 8. The molecule has 192 valence electrons. The van der Waals surface area contributed by atoms with E-state index in [1.165, 1.54) is 6.33 Å². The molecule has 0 saturated carbocycles. The Morgan fingerprint density at radius 1 is 1.08 bits per heavy atom. The molecular weight excluding hydrogens is 484 g/mol. The normalized spacial score (nSPS) is 11.5. The number of aldehydes is 1. The van der Waals surface area contributed by atoms with Crippen molar-refractivity contribution in [2.75, 3.05) is 7.11 Å². The quantitative estimate of drug-likeness (QED) is 0.318. The number of aromatic nitrogens is 5. The SMILES string of the molecule is COc1cc(-c2ncnn3cc(-c4ccc(C=O)cc4)cc23)ccc1CNC(=O)c1noc(C(C)(C)C)n1. The van der Waals surface area contributed by atoms with E-state index < -0.39 is 5.91 Å². The van der Waals surface area contributed by atoms with Gasteiger partial charge in [0.2, 0.25) is 5.89 Å². The molecule has 10 nitrogen and oxygen atoms in total. The number of rotatable bonds is 7. The van der Waals surface area contributed by atoms with Gasteiger partial charge in [-0.1, -0.05) is 62.3 Å². The van der Waals surface area contributed by atoms with Crippen molar-refractivity contribution in [3.8, 4) is 28.1 Å². The van der Waals surface area contributed by atoms with Gasteiger partial charge in [-0.25, -0.2) is 9.50 Å². The number of amides is 1. The number of hydrogen-bond donors (Lipinski definition) is 1. The molecule has 10 heteroatoms. The van der Waals surface area contributed by atoms with Crippen LogP contribution in [0.1, 0.15) is 53.2 Å². The Morgan fingerprint density at radius 3 is 2.53 bits per heavy atom. The van der Waals surface area contributed by atoms with Crippen molar-refractivity contribution in [1.29, 1.82) is 0 Å². The lowest BCUT2D eigenvalue weighted by atomic mass is 9.97. The Bertz CT molecular complexity index is 1630. The Kier molecular flexibility index (Phi) is 6.46. The van der Waals surface area contributed by atoms with E-state index in [-0.39, 0.29) is 17.8 Å². The molecule has 0 spiro atoms. The van der Waals surface area contributed by atoms with E-state index >= 15 is 0 Å². The van der Waals surface area contributed by atoms with Gasteiger partial charge in [-0.05, 0) is 17.7 Å². The van der Waals surface area contributed by atoms with E-state index in [9.17, 15) is 9.59 Å². The minimum atomic E-state index is -0.435. The maximum atomic E-state index is 12.6. The van der Waals surface area contributed by atoms with Crippen molar-refractivity contribution in [2.45, 2.75) is 32.7 Å². The van der Waals surface area contributed by atoms with Gasteiger partial charge < -0.3 is 14.6 Å². The van der Waals surface area contributed by atoms with Crippen LogP contribution in [-0.4, -0.2) is 44.0 Å². The Morgan fingerprint density at radius 2 is 1.84 bits per heavy atom. The standard InChI is InChI=1S/C28H26N6O4/c1-28(2,3)27-32-25(33-38-27)26(36)29-13-20-10-9-19(12-23(20)37-4)24-22-11-21(14-34(22)31-16-30-24)18-7-5-17(15-35)6-8-18/h5-12,14-16H,13H2,1-4H3,(H,29,36). The number of methoxy groups -OCH3 is 1. The number of ether oxygens (including phenoxy) is 1. The van der Waals surface area contributed by atoms with Crippen LogP contribution in [0.2, 0.25) is 0 Å². The highest BCUT2D eigenvalue weighted by molar-refractivity contribution is 5.90. The molecule has 0 fully saturated rings. The first-order chi connectivity index (χ1) is 18.3. The lowest BCUT2D eigenvalue weighted by Crippen LogP contribution is -2.24. The average Bonchev–Trinajstić information content (AvgIpc) is 3.60. The molecule has 0 bridgehead atoms. The molecule has 3 aromatic heterocycles. The molecule has 1 amide bonds. The lowest BCUT2D eigenvalue weighted by molar-refractivity contribution is 0.0937. The highest BCUT2D eigenvalue weighted by Crippen LogP contribution is 2.31. The number of benzene rings is 2. The maximum Gasteiger partial charge on any atom is 0.292 e. The largest absolute Gasteiger partial charge is 0.496 e.